The number of rotatable bonds is 4. The Labute approximate surface area is 163 Å². The minimum Gasteiger partial charge on any atom is -0.335 e. The summed E-state index contributed by atoms with van der Waals surface area (Å²) in [5.74, 6) is 0.257. The van der Waals surface area contributed by atoms with Crippen LogP contribution in [0.2, 0.25) is 4.34 Å². The molecule has 1 aromatic carbocycles. The summed E-state index contributed by atoms with van der Waals surface area (Å²) in [6.07, 6.45) is 0. The highest BCUT2D eigenvalue weighted by Gasteiger charge is 2.30. The monoisotopic (exact) mass is 412 g/mol. The van der Waals surface area contributed by atoms with Gasteiger partial charge in [-0.15, -0.1) is 11.3 Å². The van der Waals surface area contributed by atoms with Gasteiger partial charge in [-0.3, -0.25) is 4.79 Å². The molecule has 1 aliphatic rings. The van der Waals surface area contributed by atoms with E-state index in [0.717, 1.165) is 5.56 Å². The summed E-state index contributed by atoms with van der Waals surface area (Å²) in [6.45, 7) is 5.47. The molecule has 140 valence electrons. The highest BCUT2D eigenvalue weighted by molar-refractivity contribution is 7.89. The smallest absolute Gasteiger partial charge is 0.264 e. The van der Waals surface area contributed by atoms with Gasteiger partial charge in [0.1, 0.15) is 0 Å². The lowest BCUT2D eigenvalue weighted by Gasteiger charge is -2.33. The van der Waals surface area contributed by atoms with E-state index in [1.54, 1.807) is 29.2 Å². The third-order valence-corrected chi connectivity index (χ3v) is 7.63. The first-order valence-corrected chi connectivity index (χ1v) is 11.1. The van der Waals surface area contributed by atoms with Gasteiger partial charge in [-0.1, -0.05) is 37.6 Å². The Kier molecular flexibility index (Phi) is 5.72. The Morgan fingerprint density at radius 2 is 1.65 bits per heavy atom. The molecule has 1 amide bonds. The fraction of sp³-hybridized carbons (Fsp3) is 0.389. The Balaban J connectivity index is 1.67. The van der Waals surface area contributed by atoms with Gasteiger partial charge in [0.25, 0.3) is 5.91 Å². The minimum absolute atomic E-state index is 0.0970. The van der Waals surface area contributed by atoms with Crippen molar-refractivity contribution in [2.75, 3.05) is 26.2 Å². The Hall–Kier alpha value is -1.41. The molecule has 0 bridgehead atoms. The zero-order valence-electron chi connectivity index (χ0n) is 14.7. The number of carbonyl (C=O) groups is 1. The number of nitrogens with zero attached hydrogens (tertiary/aromatic N) is 2. The number of amides is 1. The Morgan fingerprint density at radius 3 is 2.15 bits per heavy atom. The zero-order chi connectivity index (χ0) is 18.9. The number of benzene rings is 1. The van der Waals surface area contributed by atoms with Crippen LogP contribution < -0.4 is 0 Å². The molecule has 1 aliphatic heterocycles. The molecule has 0 aliphatic carbocycles. The van der Waals surface area contributed by atoms with Crippen molar-refractivity contribution in [3.8, 4) is 0 Å². The zero-order valence-corrected chi connectivity index (χ0v) is 17.1. The number of carbonyl (C=O) groups excluding carboxylic acids is 1. The van der Waals surface area contributed by atoms with Crippen molar-refractivity contribution in [1.29, 1.82) is 0 Å². The summed E-state index contributed by atoms with van der Waals surface area (Å²) in [7, 11) is -3.54. The van der Waals surface area contributed by atoms with E-state index in [4.69, 9.17) is 11.6 Å². The molecule has 2 heterocycles. The van der Waals surface area contributed by atoms with E-state index in [2.05, 4.69) is 13.8 Å². The van der Waals surface area contributed by atoms with Crippen LogP contribution in [-0.2, 0) is 10.0 Å². The van der Waals surface area contributed by atoms with Gasteiger partial charge in [-0.25, -0.2) is 8.42 Å². The average Bonchev–Trinajstić information content (AvgIpc) is 3.07. The van der Waals surface area contributed by atoms with Crippen LogP contribution in [0, 0.1) is 0 Å². The Morgan fingerprint density at radius 1 is 1.04 bits per heavy atom. The maximum Gasteiger partial charge on any atom is 0.264 e. The molecule has 0 radical (unpaired) electrons. The van der Waals surface area contributed by atoms with Crippen molar-refractivity contribution >= 4 is 38.9 Å². The van der Waals surface area contributed by atoms with Gasteiger partial charge in [0.15, 0.2) is 0 Å². The highest BCUT2D eigenvalue weighted by Crippen LogP contribution is 2.25. The van der Waals surface area contributed by atoms with E-state index < -0.39 is 10.0 Å². The summed E-state index contributed by atoms with van der Waals surface area (Å²) in [6, 6.07) is 10.4. The van der Waals surface area contributed by atoms with Crippen LogP contribution in [0.3, 0.4) is 0 Å². The van der Waals surface area contributed by atoms with Crippen molar-refractivity contribution in [3.63, 3.8) is 0 Å². The van der Waals surface area contributed by atoms with Gasteiger partial charge in [0.05, 0.1) is 14.1 Å². The molecule has 1 fully saturated rings. The van der Waals surface area contributed by atoms with E-state index in [0.29, 0.717) is 46.2 Å². The van der Waals surface area contributed by atoms with Gasteiger partial charge in [-0.2, -0.15) is 4.31 Å². The molecule has 8 heteroatoms. The number of hydrogen-bond donors (Lipinski definition) is 0. The molecule has 0 saturated carbocycles. The van der Waals surface area contributed by atoms with Gasteiger partial charge >= 0.3 is 0 Å². The molecule has 0 N–H and O–H groups in total. The van der Waals surface area contributed by atoms with E-state index >= 15 is 0 Å². The maximum absolute atomic E-state index is 12.8. The molecule has 26 heavy (non-hydrogen) atoms. The third-order valence-electron chi connectivity index (χ3n) is 4.49. The van der Waals surface area contributed by atoms with Gasteiger partial charge in [0.2, 0.25) is 10.0 Å². The molecule has 1 saturated heterocycles. The van der Waals surface area contributed by atoms with Crippen molar-refractivity contribution in [2.45, 2.75) is 24.7 Å². The van der Waals surface area contributed by atoms with Crippen LogP contribution >= 0.6 is 22.9 Å². The predicted molar refractivity (Wildman–Crippen MR) is 105 cm³/mol. The second-order valence-corrected chi connectivity index (χ2v) is 10.2. The first-order valence-electron chi connectivity index (χ1n) is 8.44. The van der Waals surface area contributed by atoms with Crippen molar-refractivity contribution in [2.24, 2.45) is 0 Å². The number of thiophene rings is 1. The highest BCUT2D eigenvalue weighted by atomic mass is 35.5. The molecule has 1 aromatic heterocycles. The van der Waals surface area contributed by atoms with Crippen molar-refractivity contribution < 1.29 is 13.2 Å². The molecule has 3 rings (SSSR count). The molecular weight excluding hydrogens is 392 g/mol. The first-order chi connectivity index (χ1) is 12.3. The Bertz CT molecular complexity index is 883. The van der Waals surface area contributed by atoms with E-state index in [1.807, 2.05) is 12.1 Å². The van der Waals surface area contributed by atoms with Crippen LogP contribution in [0.1, 0.15) is 35.0 Å². The number of halogens is 1. The maximum atomic E-state index is 12.8. The van der Waals surface area contributed by atoms with Crippen molar-refractivity contribution in [3.05, 3.63) is 51.2 Å². The number of hydrogen-bond acceptors (Lipinski definition) is 4. The lowest BCUT2D eigenvalue weighted by atomic mass is 10.0. The summed E-state index contributed by atoms with van der Waals surface area (Å²) in [5.41, 5.74) is 1.11. The third kappa shape index (κ3) is 3.96. The summed E-state index contributed by atoms with van der Waals surface area (Å²) < 4.78 is 27.7. The number of piperazine rings is 1. The standard InChI is InChI=1S/C18H21ClN2O3S2/c1-13(2)14-3-5-15(6-4-14)26(23,24)21-11-9-20(10-12-21)18(22)16-7-8-17(19)25-16/h3-8,13H,9-12H2,1-2H3. The van der Waals surface area contributed by atoms with Crippen LogP contribution in [0.4, 0.5) is 0 Å². The number of sulfonamides is 1. The second-order valence-electron chi connectivity index (χ2n) is 6.52. The fourth-order valence-electron chi connectivity index (χ4n) is 2.89. The first kappa shape index (κ1) is 19.4. The van der Waals surface area contributed by atoms with E-state index in [-0.39, 0.29) is 5.91 Å². The van der Waals surface area contributed by atoms with Crippen molar-refractivity contribution in [1.82, 2.24) is 9.21 Å². The summed E-state index contributed by atoms with van der Waals surface area (Å²) in [5, 5.41) is 0. The SMILES string of the molecule is CC(C)c1ccc(S(=O)(=O)N2CCN(C(=O)c3ccc(Cl)s3)CC2)cc1. The fourth-order valence-corrected chi connectivity index (χ4v) is 5.32. The molecule has 2 aromatic rings. The van der Waals surface area contributed by atoms with E-state index in [1.165, 1.54) is 15.6 Å². The molecular formula is C18H21ClN2O3S2. The van der Waals surface area contributed by atoms with Gasteiger partial charge < -0.3 is 4.90 Å². The topological polar surface area (TPSA) is 57.7 Å². The summed E-state index contributed by atoms with van der Waals surface area (Å²) >= 11 is 7.12. The van der Waals surface area contributed by atoms with Gasteiger partial charge in [0, 0.05) is 26.2 Å². The van der Waals surface area contributed by atoms with Crippen LogP contribution in [-0.4, -0.2) is 49.7 Å². The quantitative estimate of drug-likeness (QED) is 0.769. The summed E-state index contributed by atoms with van der Waals surface area (Å²) in [4.78, 5) is 15.0. The second kappa shape index (κ2) is 7.68. The molecule has 0 spiro atoms. The predicted octanol–water partition coefficient (Wildman–Crippen LogP) is 3.67. The van der Waals surface area contributed by atoms with Gasteiger partial charge in [-0.05, 0) is 35.7 Å². The molecule has 0 atom stereocenters. The van der Waals surface area contributed by atoms with Crippen LogP contribution in [0.15, 0.2) is 41.3 Å². The van der Waals surface area contributed by atoms with Crippen LogP contribution in [0.5, 0.6) is 0 Å². The van der Waals surface area contributed by atoms with E-state index in [9.17, 15) is 13.2 Å². The lowest BCUT2D eigenvalue weighted by Crippen LogP contribution is -2.50. The molecule has 5 nitrogen and oxygen atoms in total. The normalized spacial score (nSPS) is 16.2. The minimum atomic E-state index is -3.54. The van der Waals surface area contributed by atoms with Crippen LogP contribution in [0.25, 0.3) is 0 Å². The lowest BCUT2D eigenvalue weighted by molar-refractivity contribution is 0.0703. The average molecular weight is 413 g/mol. The largest absolute Gasteiger partial charge is 0.335 e. The molecule has 0 unspecified atom stereocenters.